The predicted molar refractivity (Wildman–Crippen MR) is 346 cm³/mol. The van der Waals surface area contributed by atoms with Crippen LogP contribution in [0.5, 0.6) is 5.75 Å². The maximum atomic E-state index is 15.1. The Balaban J connectivity index is 1.19. The number of primary amides is 1. The normalized spacial score (nSPS) is 24.5. The molecule has 1 fully saturated rings. The van der Waals surface area contributed by atoms with E-state index in [4.69, 9.17) is 11.5 Å². The molecule has 0 spiro atoms. The van der Waals surface area contributed by atoms with Gasteiger partial charge in [0.1, 0.15) is 41.3 Å². The maximum Gasteiger partial charge on any atom is 0.305 e. The van der Waals surface area contributed by atoms with E-state index in [2.05, 4.69) is 41.9 Å². The Morgan fingerprint density at radius 2 is 1.51 bits per heavy atom. The number of carboxylic acids is 1. The van der Waals surface area contributed by atoms with E-state index in [1.54, 1.807) is 31.5 Å². The van der Waals surface area contributed by atoms with Gasteiger partial charge in [0.05, 0.1) is 19.0 Å². The molecule has 8 atom stereocenters. The molecule has 0 saturated carbocycles. The molecule has 1 saturated heterocycles. The smallest absolute Gasteiger partial charge is 0.305 e. The summed E-state index contributed by atoms with van der Waals surface area (Å²) < 4.78 is 14.6. The highest BCUT2D eigenvalue weighted by atomic mass is 32.2. The van der Waals surface area contributed by atoms with Crippen molar-refractivity contribution in [2.45, 2.75) is 151 Å². The summed E-state index contributed by atoms with van der Waals surface area (Å²) in [6, 6.07) is 10.9. The number of aromatic nitrogens is 1. The van der Waals surface area contributed by atoms with Crippen molar-refractivity contribution < 1.29 is 67.3 Å². The summed E-state index contributed by atoms with van der Waals surface area (Å²) in [5.41, 5.74) is 13.9. The molecule has 3 aliphatic rings. The van der Waals surface area contributed by atoms with Crippen LogP contribution in [0.2, 0.25) is 0 Å². The number of ketones is 2. The molecule has 3 aromatic carbocycles. The van der Waals surface area contributed by atoms with Gasteiger partial charge in [-0.1, -0.05) is 43.3 Å². The van der Waals surface area contributed by atoms with Crippen LogP contribution in [0.1, 0.15) is 113 Å². The van der Waals surface area contributed by atoms with Crippen molar-refractivity contribution in [2.75, 3.05) is 31.1 Å². The summed E-state index contributed by atoms with van der Waals surface area (Å²) in [4.78, 5) is 163. The van der Waals surface area contributed by atoms with Gasteiger partial charge in [-0.2, -0.15) is 23.5 Å². The molecule has 3 aliphatic heterocycles. The highest BCUT2D eigenvalue weighted by molar-refractivity contribution is 7.98. The number of carboxylic acid groups (broad SMARTS) is 1. The highest BCUT2D eigenvalue weighted by Gasteiger charge is 2.48. The number of aliphatic imine (C=N–C) groups is 1. The zero-order valence-electron chi connectivity index (χ0n) is 51.6. The molecular weight excluding hydrogens is 1230 g/mol. The number of carbonyl (C=O) groups is 11. The summed E-state index contributed by atoms with van der Waals surface area (Å²) in [7, 11) is 0. The fraction of sp³-hybridized carbons (Fsp3) is 0.477. The van der Waals surface area contributed by atoms with Crippen LogP contribution in [0.25, 0.3) is 10.9 Å². The van der Waals surface area contributed by atoms with Gasteiger partial charge in [-0.05, 0) is 123 Å². The van der Waals surface area contributed by atoms with Gasteiger partial charge in [-0.25, -0.2) is 4.39 Å². The van der Waals surface area contributed by atoms with Gasteiger partial charge in [0, 0.05) is 103 Å². The molecule has 7 rings (SSSR count). The van der Waals surface area contributed by atoms with Crippen molar-refractivity contribution in [3.63, 3.8) is 0 Å². The van der Waals surface area contributed by atoms with E-state index in [9.17, 15) is 62.5 Å². The second-order valence-electron chi connectivity index (χ2n) is 23.7. The molecular formula is C65H82FN11O13S2. The van der Waals surface area contributed by atoms with Crippen LogP contribution in [0, 0.1) is 17.7 Å². The number of hydrogen-bond acceptors (Lipinski definition) is 16. The molecule has 13 N–H and O–H groups in total. The number of halogens is 1. The van der Waals surface area contributed by atoms with Crippen molar-refractivity contribution in [3.05, 3.63) is 113 Å². The van der Waals surface area contributed by atoms with E-state index in [1.807, 2.05) is 24.3 Å². The number of aromatic amines is 1. The number of nitrogens with two attached hydrogens (primary N) is 2. The molecule has 0 unspecified atom stereocenters. The molecule has 92 heavy (non-hydrogen) atoms. The molecule has 1 aromatic heterocycles. The van der Waals surface area contributed by atoms with Gasteiger partial charge in [-0.15, -0.1) is 0 Å². The van der Waals surface area contributed by atoms with Crippen LogP contribution in [-0.4, -0.2) is 158 Å². The second kappa shape index (κ2) is 34.3. The largest absolute Gasteiger partial charge is 0.508 e. The number of hydrogen-bond donors (Lipinski definition) is 11. The van der Waals surface area contributed by atoms with Gasteiger partial charge in [0.15, 0.2) is 11.6 Å². The van der Waals surface area contributed by atoms with Gasteiger partial charge in [0.2, 0.25) is 47.3 Å². The zero-order valence-corrected chi connectivity index (χ0v) is 53.2. The first-order chi connectivity index (χ1) is 44.0. The Labute approximate surface area is 541 Å². The number of fused-ring (bicyclic) bond motifs is 4. The van der Waals surface area contributed by atoms with Crippen LogP contribution < -0.4 is 43.4 Å². The Kier molecular flexibility index (Phi) is 26.5. The number of allylic oxidation sites excluding steroid dienone is 1. The number of phenols is 1. The number of H-pyrrole nitrogens is 1. The number of carbonyl (C=O) groups excluding carboxylic acids is 10. The summed E-state index contributed by atoms with van der Waals surface area (Å²) in [6.45, 7) is 2.93. The maximum absolute atomic E-state index is 15.1. The molecule has 0 aliphatic carbocycles. The lowest BCUT2D eigenvalue weighted by Gasteiger charge is -2.37. The second-order valence-corrected chi connectivity index (χ2v) is 25.8. The third-order valence-electron chi connectivity index (χ3n) is 16.6. The van der Waals surface area contributed by atoms with Gasteiger partial charge in [-0.3, -0.25) is 57.7 Å². The number of phenolic OH excluding ortho intramolecular Hbond substituents is 1. The third-order valence-corrected chi connectivity index (χ3v) is 18.7. The van der Waals surface area contributed by atoms with Gasteiger partial charge >= 0.3 is 5.97 Å². The summed E-state index contributed by atoms with van der Waals surface area (Å²) in [6.07, 6.45) is 4.03. The molecule has 0 radical (unpaired) electrons. The minimum Gasteiger partial charge on any atom is -0.508 e. The Hall–Kier alpha value is -8.43. The lowest BCUT2D eigenvalue weighted by Crippen LogP contribution is -2.62. The lowest BCUT2D eigenvalue weighted by atomic mass is 9.89. The monoisotopic (exact) mass is 1310 g/mol. The van der Waals surface area contributed by atoms with Crippen LogP contribution in [0.3, 0.4) is 0 Å². The number of thioether (sulfide) groups is 2. The average molecular weight is 1310 g/mol. The van der Waals surface area contributed by atoms with Crippen molar-refractivity contribution in [1.29, 1.82) is 0 Å². The van der Waals surface area contributed by atoms with Crippen LogP contribution in [-0.2, 0) is 77.1 Å². The minimum atomic E-state index is -1.77. The Morgan fingerprint density at radius 1 is 0.793 bits per heavy atom. The van der Waals surface area contributed by atoms with E-state index < -0.39 is 144 Å². The SMILES string of the molecule is CC[C@@H]1NC(=O)[C@H](Cc2c[nH]c3ccc(F)cc23)CC(=O)CNC(=O)[C@H](CCCCN)NC(=O)CCSCc2cccc(c2)CSC[C@@H](C(N)=O)NC(=O)[C@]2(C)CCCN2C(=O)[C@H](Cc2cccc(O)c2)NC(=O)[C@H](CC2=CN=CC2)CC(=O)[C@H](CC(=O)O)NC1=O. The number of aliphatic carboxylic acids is 1. The number of unbranched alkanes of at least 4 members (excludes halogenated alkanes) is 1. The summed E-state index contributed by atoms with van der Waals surface area (Å²) >= 11 is 2.84. The fourth-order valence-electron chi connectivity index (χ4n) is 11.5. The van der Waals surface area contributed by atoms with Crippen molar-refractivity contribution in [3.8, 4) is 5.75 Å². The number of nitrogens with zero attached hydrogens (tertiary/aromatic N) is 2. The fourth-order valence-corrected chi connectivity index (χ4v) is 13.4. The highest BCUT2D eigenvalue weighted by Crippen LogP contribution is 2.32. The predicted octanol–water partition coefficient (Wildman–Crippen LogP) is 3.69. The first kappa shape index (κ1) is 71.0. The molecule has 4 aromatic rings. The van der Waals surface area contributed by atoms with E-state index in [-0.39, 0.29) is 63.0 Å². The molecule has 4 heterocycles. The standard InChI is InChI=1S/C65H82FN11O13S2/c1-3-49-62(88)74-52(31-57(82)83)55(80)29-42(24-39-16-20-69-32-39)59(85)75-53(26-38-9-7-12-46(78)25-38)63(89)77-21-8-18-65(77,2)64(90)76-54(58(68)84)37-92-36-41-11-6-10-40(23-41)35-91-22-17-56(81)72-51(13-4-5-19-67)61(87)71-34-47(79)28-43(60(86)73-49)27-44-33-70-50-15-14-45(66)30-48(44)50/h6-7,9-12,14-15,20,23,25,30,32-33,42-43,49,51-54,70,78H,3-5,8,13,16-19,21-22,24,26-29,31,34-37,67H2,1-2H3,(H2,68,84)(H,71,87)(H,72,81)(H,73,86)(H,74,88)(H,75,85)(H,76,90)(H,82,83)/t42-,43-,49+,51+,52+,53+,54+,65+/m1/s1. The van der Waals surface area contributed by atoms with E-state index in [0.29, 0.717) is 77.1 Å². The van der Waals surface area contributed by atoms with E-state index in [1.165, 1.54) is 71.9 Å². The number of Topliss-reactive ketones (excluding diaryl/α,β-unsaturated/α-hetero) is 2. The number of benzene rings is 3. The first-order valence-electron chi connectivity index (χ1n) is 30.9. The molecule has 494 valence electrons. The van der Waals surface area contributed by atoms with Gasteiger partial charge in [0.25, 0.3) is 0 Å². The molecule has 24 nitrogen and oxygen atoms in total. The Bertz CT molecular complexity index is 3430. The van der Waals surface area contributed by atoms with Crippen molar-refractivity contribution in [2.24, 2.45) is 28.3 Å². The zero-order chi connectivity index (χ0) is 66.5. The lowest BCUT2D eigenvalue weighted by molar-refractivity contribution is -0.147. The van der Waals surface area contributed by atoms with Crippen LogP contribution >= 0.6 is 23.5 Å². The van der Waals surface area contributed by atoms with Crippen molar-refractivity contribution in [1.82, 2.24) is 41.8 Å². The molecule has 27 heteroatoms. The number of rotatable bonds is 14. The average Bonchev–Trinajstić information content (AvgIpc) is 1.58. The molecule has 8 amide bonds. The van der Waals surface area contributed by atoms with E-state index >= 15 is 4.79 Å². The van der Waals surface area contributed by atoms with Crippen LogP contribution in [0.15, 0.2) is 89.7 Å². The first-order valence-corrected chi connectivity index (χ1v) is 33.2. The summed E-state index contributed by atoms with van der Waals surface area (Å²) in [5, 5.41) is 37.2. The molecule has 2 bridgehead atoms. The topological polar surface area (TPSA) is 384 Å². The number of nitrogens with one attached hydrogen (secondary N) is 7. The minimum absolute atomic E-state index is 0.0539. The van der Waals surface area contributed by atoms with Crippen LogP contribution in [0.4, 0.5) is 4.39 Å². The quantitative estimate of drug-likeness (QED) is 0.0802. The van der Waals surface area contributed by atoms with Crippen molar-refractivity contribution >= 4 is 105 Å². The number of aromatic hydroxyl groups is 1. The third kappa shape index (κ3) is 20.5. The van der Waals surface area contributed by atoms with Gasteiger partial charge < -0.3 is 63.5 Å². The summed E-state index contributed by atoms with van der Waals surface area (Å²) in [5.74, 6) is -10.7. The Morgan fingerprint density at radius 3 is 2.21 bits per heavy atom. The van der Waals surface area contributed by atoms with E-state index in [0.717, 1.165) is 11.1 Å². The number of amides is 8.